The monoisotopic (exact) mass is 336 g/mol. The Morgan fingerprint density at radius 3 is 2.50 bits per heavy atom. The fourth-order valence-electron chi connectivity index (χ4n) is 1.78. The molecule has 6 nitrogen and oxygen atoms in total. The van der Waals surface area contributed by atoms with E-state index in [0.717, 1.165) is 5.56 Å². The van der Waals surface area contributed by atoms with Gasteiger partial charge in [0, 0.05) is 17.4 Å². The van der Waals surface area contributed by atoms with Gasteiger partial charge in [-0.25, -0.2) is 9.97 Å². The first-order chi connectivity index (χ1) is 10.5. The Morgan fingerprint density at radius 1 is 1.27 bits per heavy atom. The minimum absolute atomic E-state index is 0.126. The van der Waals surface area contributed by atoms with Crippen molar-refractivity contribution in [1.82, 2.24) is 15.3 Å². The van der Waals surface area contributed by atoms with Crippen molar-refractivity contribution in [1.29, 1.82) is 0 Å². The van der Waals surface area contributed by atoms with Gasteiger partial charge in [0.1, 0.15) is 0 Å². The average Bonchev–Trinajstić information content (AvgIpc) is 2.48. The Bertz CT molecular complexity index is 652. The number of aromatic nitrogens is 2. The first-order valence-corrected chi connectivity index (χ1v) is 7.15. The topological polar surface area (TPSA) is 87.1 Å². The number of benzene rings is 1. The molecule has 0 aliphatic carbocycles. The minimum atomic E-state index is -0.939. The van der Waals surface area contributed by atoms with E-state index in [4.69, 9.17) is 28.9 Å². The van der Waals surface area contributed by atoms with Crippen molar-refractivity contribution in [2.24, 2.45) is 0 Å². The van der Waals surface area contributed by atoms with Gasteiger partial charge >= 0.3 is 5.97 Å². The Hall–Kier alpha value is -2.25. The lowest BCUT2D eigenvalue weighted by Gasteiger charge is -2.19. The number of rotatable bonds is 5. The minimum Gasteiger partial charge on any atom is -0.481 e. The number of carbonyl (C=O) groups is 1. The number of hydrogen-bond acceptors (Lipinski definition) is 4. The maximum atomic E-state index is 11.0. The van der Waals surface area contributed by atoms with Crippen molar-refractivity contribution < 1.29 is 9.90 Å². The summed E-state index contributed by atoms with van der Waals surface area (Å²) in [5.74, 6) is -0.601. The molecule has 0 spiro atoms. The van der Waals surface area contributed by atoms with Gasteiger partial charge in [-0.2, -0.15) is 0 Å². The second kappa shape index (κ2) is 7.67. The van der Waals surface area contributed by atoms with Gasteiger partial charge in [0.25, 0.3) is 0 Å². The molecule has 2 rings (SSSR count). The third kappa shape index (κ3) is 4.94. The third-order valence-corrected chi connectivity index (χ3v) is 3.22. The molecule has 8 heteroatoms. The normalized spacial score (nSPS) is 11.5. The van der Waals surface area contributed by atoms with Crippen LogP contribution in [-0.2, 0) is 4.79 Å². The lowest BCUT2D eigenvalue weighted by atomic mass is 10.0. The van der Waals surface area contributed by atoms with Gasteiger partial charge in [-0.05, 0) is 36.0 Å². The van der Waals surface area contributed by atoms with Crippen LogP contribution in [0, 0.1) is 0 Å². The van der Waals surface area contributed by atoms with Crippen molar-refractivity contribution in [3.63, 3.8) is 0 Å². The van der Waals surface area contributed by atoms with Gasteiger partial charge in [0.2, 0.25) is 5.95 Å². The first kappa shape index (κ1) is 16.1. The second-order valence-electron chi connectivity index (χ2n) is 4.37. The molecular weight excluding hydrogens is 324 g/mol. The molecule has 0 radical (unpaired) electrons. The van der Waals surface area contributed by atoms with E-state index in [-0.39, 0.29) is 11.5 Å². The number of thiocarbonyl (C=S) groups is 1. The Balaban J connectivity index is 2.07. The maximum absolute atomic E-state index is 11.0. The molecule has 1 aromatic heterocycles. The summed E-state index contributed by atoms with van der Waals surface area (Å²) in [6, 6.07) is 8.10. The zero-order valence-corrected chi connectivity index (χ0v) is 12.9. The van der Waals surface area contributed by atoms with Crippen molar-refractivity contribution in [3.8, 4) is 0 Å². The number of halogens is 1. The van der Waals surface area contributed by atoms with Gasteiger partial charge in [0.15, 0.2) is 5.11 Å². The van der Waals surface area contributed by atoms with E-state index in [9.17, 15) is 4.79 Å². The zero-order valence-electron chi connectivity index (χ0n) is 11.4. The van der Waals surface area contributed by atoms with E-state index < -0.39 is 12.0 Å². The number of carboxylic acid groups (broad SMARTS) is 1. The molecule has 0 saturated carbocycles. The summed E-state index contributed by atoms with van der Waals surface area (Å²) in [4.78, 5) is 19.0. The van der Waals surface area contributed by atoms with Gasteiger partial charge in [-0.15, -0.1) is 0 Å². The lowest BCUT2D eigenvalue weighted by Crippen LogP contribution is -2.34. The quantitative estimate of drug-likeness (QED) is 0.723. The second-order valence-corrected chi connectivity index (χ2v) is 5.22. The van der Waals surface area contributed by atoms with E-state index >= 15 is 0 Å². The van der Waals surface area contributed by atoms with Gasteiger partial charge < -0.3 is 15.7 Å². The molecule has 1 heterocycles. The average molecular weight is 337 g/mol. The number of nitrogens with zero attached hydrogens (tertiary/aromatic N) is 2. The fourth-order valence-corrected chi connectivity index (χ4v) is 2.14. The predicted molar refractivity (Wildman–Crippen MR) is 87.8 cm³/mol. The summed E-state index contributed by atoms with van der Waals surface area (Å²) in [7, 11) is 0. The molecule has 22 heavy (non-hydrogen) atoms. The van der Waals surface area contributed by atoms with Crippen LogP contribution in [0.25, 0.3) is 0 Å². The zero-order chi connectivity index (χ0) is 15.9. The predicted octanol–water partition coefficient (Wildman–Crippen LogP) is 2.63. The highest BCUT2D eigenvalue weighted by molar-refractivity contribution is 7.80. The van der Waals surface area contributed by atoms with E-state index in [1.165, 1.54) is 0 Å². The molecule has 0 unspecified atom stereocenters. The van der Waals surface area contributed by atoms with Crippen LogP contribution >= 0.6 is 23.8 Å². The molecule has 0 fully saturated rings. The highest BCUT2D eigenvalue weighted by Gasteiger charge is 2.17. The SMILES string of the molecule is O=C(O)C[C@H](NC(=S)Nc1ncccn1)c1ccc(Cl)cc1. The van der Waals surface area contributed by atoms with Gasteiger partial charge in [-0.3, -0.25) is 4.79 Å². The van der Waals surface area contributed by atoms with Crippen LogP contribution in [0.4, 0.5) is 5.95 Å². The largest absolute Gasteiger partial charge is 0.481 e. The van der Waals surface area contributed by atoms with Crippen LogP contribution in [0.3, 0.4) is 0 Å². The Morgan fingerprint density at radius 2 is 1.91 bits per heavy atom. The third-order valence-electron chi connectivity index (χ3n) is 2.75. The summed E-state index contributed by atoms with van der Waals surface area (Å²) < 4.78 is 0. The Kier molecular flexibility index (Phi) is 5.62. The molecule has 1 atom stereocenters. The molecule has 3 N–H and O–H groups in total. The molecule has 0 bridgehead atoms. The van der Waals surface area contributed by atoms with E-state index in [1.807, 2.05) is 0 Å². The summed E-state index contributed by atoms with van der Waals surface area (Å²) in [5.41, 5.74) is 0.768. The first-order valence-electron chi connectivity index (χ1n) is 6.36. The van der Waals surface area contributed by atoms with E-state index in [1.54, 1.807) is 42.7 Å². The number of carboxylic acids is 1. The van der Waals surface area contributed by atoms with Crippen LogP contribution in [-0.4, -0.2) is 26.2 Å². The summed E-state index contributed by atoms with van der Waals surface area (Å²) in [6.45, 7) is 0. The lowest BCUT2D eigenvalue weighted by molar-refractivity contribution is -0.137. The van der Waals surface area contributed by atoms with Crippen LogP contribution in [0.2, 0.25) is 5.02 Å². The summed E-state index contributed by atoms with van der Waals surface area (Å²) in [6.07, 6.45) is 3.02. The van der Waals surface area contributed by atoms with Gasteiger partial charge in [-0.1, -0.05) is 23.7 Å². The number of aliphatic carboxylic acids is 1. The van der Waals surface area contributed by atoms with Crippen LogP contribution in [0.5, 0.6) is 0 Å². The standard InChI is InChI=1S/C14H13ClN4O2S/c15-10-4-2-9(3-5-10)11(8-12(20)21)18-14(22)19-13-16-6-1-7-17-13/h1-7,11H,8H2,(H,20,21)(H2,16,17,18,19,22)/t11-/m0/s1. The van der Waals surface area contributed by atoms with Crippen LogP contribution in [0.1, 0.15) is 18.0 Å². The molecular formula is C14H13ClN4O2S. The highest BCUT2D eigenvalue weighted by Crippen LogP contribution is 2.19. The van der Waals surface area contributed by atoms with Crippen molar-refractivity contribution in [2.75, 3.05) is 5.32 Å². The molecule has 0 aliphatic rings. The van der Waals surface area contributed by atoms with E-state index in [2.05, 4.69) is 20.6 Å². The van der Waals surface area contributed by atoms with Crippen LogP contribution < -0.4 is 10.6 Å². The molecule has 0 saturated heterocycles. The molecule has 0 aliphatic heterocycles. The van der Waals surface area contributed by atoms with Crippen molar-refractivity contribution in [3.05, 3.63) is 53.3 Å². The summed E-state index contributed by atoms with van der Waals surface area (Å²) >= 11 is 11.0. The Labute approximate surface area is 137 Å². The molecule has 1 aromatic carbocycles. The molecule has 2 aromatic rings. The number of hydrogen-bond donors (Lipinski definition) is 3. The molecule has 114 valence electrons. The fraction of sp³-hybridized carbons (Fsp3) is 0.143. The van der Waals surface area contributed by atoms with Crippen molar-refractivity contribution >= 4 is 40.8 Å². The van der Waals surface area contributed by atoms with Crippen molar-refractivity contribution in [2.45, 2.75) is 12.5 Å². The summed E-state index contributed by atoms with van der Waals surface area (Å²) in [5, 5.41) is 15.6. The molecule has 0 amide bonds. The van der Waals surface area contributed by atoms with E-state index in [0.29, 0.717) is 11.0 Å². The smallest absolute Gasteiger partial charge is 0.305 e. The maximum Gasteiger partial charge on any atom is 0.305 e. The van der Waals surface area contributed by atoms with Crippen LogP contribution in [0.15, 0.2) is 42.7 Å². The number of nitrogens with one attached hydrogen (secondary N) is 2. The van der Waals surface area contributed by atoms with Gasteiger partial charge in [0.05, 0.1) is 12.5 Å². The highest BCUT2D eigenvalue weighted by atomic mass is 35.5. The number of anilines is 1.